The predicted molar refractivity (Wildman–Crippen MR) is 263 cm³/mol. The number of hydrogen-bond acceptors (Lipinski definition) is 16. The Bertz CT molecular complexity index is 2800. The smallest absolute Gasteiger partial charge is 0.340 e. The van der Waals surface area contributed by atoms with E-state index in [2.05, 4.69) is 9.97 Å². The SMILES string of the molecule is COC[C@@](C)(N)c1cnc(OC2CC2)c2cnc(Cc3ccc4c(n3)[C@@H](C)C(C)(C)OC4=O)cc12.COC[C@](C)(N)c1cnc(OC2CC2)c2cnc(Cc3ccc4c(n3)[C@@H](C)C(C)(C)OC4=O)cc12. The fourth-order valence-electron chi connectivity index (χ4n) is 9.07. The van der Waals surface area contributed by atoms with Crippen LogP contribution in [0.1, 0.15) is 159 Å². The van der Waals surface area contributed by atoms with E-state index in [0.29, 0.717) is 48.9 Å². The highest BCUT2D eigenvalue weighted by atomic mass is 16.6. The normalized spacial score (nSPS) is 20.7. The van der Waals surface area contributed by atoms with E-state index in [4.69, 9.17) is 59.8 Å². The topological polar surface area (TPSA) is 219 Å². The molecule has 0 spiro atoms. The fourth-order valence-corrected chi connectivity index (χ4v) is 9.07. The molecule has 2 saturated carbocycles. The molecule has 2 aliphatic carbocycles. The molecule has 0 saturated heterocycles. The molecule has 0 radical (unpaired) electrons. The Balaban J connectivity index is 0.000000174. The molecule has 6 aromatic rings. The number of cyclic esters (lactones) is 2. The molecule has 368 valence electrons. The Kier molecular flexibility index (Phi) is 12.9. The maximum absolute atomic E-state index is 12.4. The maximum Gasteiger partial charge on any atom is 0.340 e. The zero-order valence-corrected chi connectivity index (χ0v) is 41.8. The lowest BCUT2D eigenvalue weighted by Crippen LogP contribution is -2.39. The van der Waals surface area contributed by atoms with Crippen molar-refractivity contribution in [3.8, 4) is 11.8 Å². The van der Waals surface area contributed by atoms with Gasteiger partial charge in [0.25, 0.3) is 0 Å². The van der Waals surface area contributed by atoms with Gasteiger partial charge in [-0.05, 0) is 114 Å². The van der Waals surface area contributed by atoms with Crippen LogP contribution in [0, 0.1) is 0 Å². The number of carbonyl (C=O) groups excluding carboxylic acids is 2. The Labute approximate surface area is 408 Å². The third-order valence-electron chi connectivity index (χ3n) is 14.1. The van der Waals surface area contributed by atoms with Gasteiger partial charge >= 0.3 is 11.9 Å². The maximum atomic E-state index is 12.4. The third-order valence-corrected chi connectivity index (χ3v) is 14.1. The van der Waals surface area contributed by atoms with Gasteiger partial charge < -0.3 is 39.9 Å². The first-order chi connectivity index (χ1) is 33.2. The molecule has 16 nitrogen and oxygen atoms in total. The molecule has 8 heterocycles. The zero-order chi connectivity index (χ0) is 49.9. The quantitative estimate of drug-likeness (QED) is 0.0987. The van der Waals surface area contributed by atoms with Gasteiger partial charge in [0.05, 0.1) is 57.6 Å². The fraction of sp³-hybridized carbons (Fsp3) is 0.481. The van der Waals surface area contributed by atoms with Crippen molar-refractivity contribution in [3.63, 3.8) is 0 Å². The first-order valence-electron chi connectivity index (χ1n) is 24.1. The van der Waals surface area contributed by atoms with Crippen LogP contribution in [0.15, 0.2) is 61.2 Å². The van der Waals surface area contributed by atoms with E-state index in [1.807, 2.05) is 92.0 Å². The highest BCUT2D eigenvalue weighted by molar-refractivity contribution is 5.94. The first kappa shape index (κ1) is 48.8. The summed E-state index contributed by atoms with van der Waals surface area (Å²) in [4.78, 5) is 53.2. The summed E-state index contributed by atoms with van der Waals surface area (Å²) >= 11 is 0. The van der Waals surface area contributed by atoms with Crippen molar-refractivity contribution in [2.24, 2.45) is 11.5 Å². The second-order valence-corrected chi connectivity index (χ2v) is 21.0. The van der Waals surface area contributed by atoms with Crippen LogP contribution < -0.4 is 20.9 Å². The Morgan fingerprint density at radius 1 is 0.586 bits per heavy atom. The van der Waals surface area contributed by atoms with Crippen molar-refractivity contribution in [3.05, 3.63) is 118 Å². The monoisotopic (exact) mass is 952 g/mol. The van der Waals surface area contributed by atoms with Gasteiger partial charge in [-0.15, -0.1) is 0 Å². The molecule has 2 fully saturated rings. The molecule has 4 atom stereocenters. The summed E-state index contributed by atoms with van der Waals surface area (Å²) < 4.78 is 34.1. The molecule has 70 heavy (non-hydrogen) atoms. The van der Waals surface area contributed by atoms with E-state index in [1.54, 1.807) is 38.7 Å². The van der Waals surface area contributed by atoms with Crippen LogP contribution in [0.2, 0.25) is 0 Å². The van der Waals surface area contributed by atoms with Crippen LogP contribution in [0.5, 0.6) is 11.8 Å². The molecular weight excluding hydrogens is 889 g/mol. The van der Waals surface area contributed by atoms with Crippen LogP contribution in [-0.2, 0) is 42.9 Å². The highest BCUT2D eigenvalue weighted by Gasteiger charge is 2.42. The largest absolute Gasteiger partial charge is 0.474 e. The Morgan fingerprint density at radius 3 is 1.33 bits per heavy atom. The number of carbonyl (C=O) groups is 2. The first-order valence-corrected chi connectivity index (χ1v) is 24.1. The molecular formula is C54H64N8O8. The Hall–Kier alpha value is -6.20. The summed E-state index contributed by atoms with van der Waals surface area (Å²) in [5.41, 5.74) is 18.3. The summed E-state index contributed by atoms with van der Waals surface area (Å²) in [5, 5.41) is 3.56. The average molecular weight is 953 g/mol. The molecule has 0 bridgehead atoms. The van der Waals surface area contributed by atoms with Gasteiger partial charge in [-0.3, -0.25) is 19.9 Å². The molecule has 6 aromatic heterocycles. The predicted octanol–water partition coefficient (Wildman–Crippen LogP) is 8.06. The lowest BCUT2D eigenvalue weighted by atomic mass is 9.84. The molecule has 0 unspecified atom stereocenters. The molecule has 4 N–H and O–H groups in total. The van der Waals surface area contributed by atoms with Gasteiger partial charge in [-0.25, -0.2) is 19.6 Å². The van der Waals surface area contributed by atoms with Crippen LogP contribution in [0.4, 0.5) is 0 Å². The van der Waals surface area contributed by atoms with E-state index < -0.39 is 22.3 Å². The minimum Gasteiger partial charge on any atom is -0.474 e. The standard InChI is InChI=1S/2C27H32N4O4/c2*1-15-23-19(25(32)35-26(15,2)3)9-6-16(31-23)10-17-11-20-21(12-29-17)24(34-18-7-8-18)30-13-22(20)27(4,28)14-33-5/h2*6,9,11-13,15,18H,7-8,10,14,28H2,1-5H3/t15-,27+;15-,27-/m11/s1. The molecule has 0 aromatic carbocycles. The van der Waals surface area contributed by atoms with Gasteiger partial charge in [0, 0.05) is 97.6 Å². The number of nitrogens with zero attached hydrogens (tertiary/aromatic N) is 6. The minimum absolute atomic E-state index is 0.0217. The lowest BCUT2D eigenvalue weighted by molar-refractivity contribution is -0.0200. The lowest BCUT2D eigenvalue weighted by Gasteiger charge is -2.36. The van der Waals surface area contributed by atoms with E-state index in [1.165, 1.54) is 0 Å². The Morgan fingerprint density at radius 2 is 0.971 bits per heavy atom. The molecule has 0 amide bonds. The highest BCUT2D eigenvalue weighted by Crippen LogP contribution is 2.41. The van der Waals surface area contributed by atoms with Crippen LogP contribution in [-0.4, -0.2) is 92.7 Å². The number of pyridine rings is 6. The number of esters is 2. The van der Waals surface area contributed by atoms with Crippen molar-refractivity contribution in [2.75, 3.05) is 27.4 Å². The van der Waals surface area contributed by atoms with E-state index >= 15 is 0 Å². The van der Waals surface area contributed by atoms with Crippen molar-refractivity contribution in [1.29, 1.82) is 0 Å². The van der Waals surface area contributed by atoms with Gasteiger partial charge in [0.2, 0.25) is 11.8 Å². The van der Waals surface area contributed by atoms with Crippen LogP contribution >= 0.6 is 0 Å². The number of nitrogens with two attached hydrogens (primary N) is 2. The number of hydrogen-bond donors (Lipinski definition) is 2. The third kappa shape index (κ3) is 9.91. The van der Waals surface area contributed by atoms with Crippen molar-refractivity contribution >= 4 is 33.5 Å². The number of aromatic nitrogens is 6. The molecule has 16 heteroatoms. The number of fused-ring (bicyclic) bond motifs is 4. The number of rotatable bonds is 14. The number of ether oxygens (including phenoxy) is 6. The summed E-state index contributed by atoms with van der Waals surface area (Å²) in [7, 11) is 3.27. The van der Waals surface area contributed by atoms with Gasteiger partial charge in [-0.2, -0.15) is 0 Å². The minimum atomic E-state index is -0.734. The number of methoxy groups -OCH3 is 2. The van der Waals surface area contributed by atoms with E-state index in [9.17, 15) is 9.59 Å². The second kappa shape index (κ2) is 18.5. The van der Waals surface area contributed by atoms with Crippen LogP contribution in [0.25, 0.3) is 21.5 Å². The summed E-state index contributed by atoms with van der Waals surface area (Å²) in [6.07, 6.45) is 12.8. The van der Waals surface area contributed by atoms with Crippen LogP contribution in [0.3, 0.4) is 0 Å². The summed E-state index contributed by atoms with van der Waals surface area (Å²) in [6, 6.07) is 11.4. The van der Waals surface area contributed by atoms with Crippen molar-refractivity contribution in [2.45, 2.75) is 140 Å². The van der Waals surface area contributed by atoms with E-state index in [-0.39, 0.29) is 36.0 Å². The summed E-state index contributed by atoms with van der Waals surface area (Å²) in [5.74, 6) is 0.469. The molecule has 2 aliphatic heterocycles. The average Bonchev–Trinajstić information content (AvgIpc) is 4.25. The van der Waals surface area contributed by atoms with Gasteiger partial charge in [0.1, 0.15) is 23.4 Å². The second-order valence-electron chi connectivity index (χ2n) is 21.0. The van der Waals surface area contributed by atoms with Gasteiger partial charge in [0.15, 0.2) is 0 Å². The zero-order valence-electron chi connectivity index (χ0n) is 41.8. The molecule has 10 rings (SSSR count). The van der Waals surface area contributed by atoms with Gasteiger partial charge in [-0.1, -0.05) is 13.8 Å². The molecule has 4 aliphatic rings. The van der Waals surface area contributed by atoms with Crippen molar-refractivity contribution < 1.29 is 38.0 Å². The van der Waals surface area contributed by atoms with Crippen molar-refractivity contribution in [1.82, 2.24) is 29.9 Å². The van der Waals surface area contributed by atoms with E-state index in [0.717, 1.165) is 92.5 Å². The summed E-state index contributed by atoms with van der Waals surface area (Å²) in [6.45, 7) is 16.3.